The van der Waals surface area contributed by atoms with Crippen molar-refractivity contribution in [3.8, 4) is 0 Å². The van der Waals surface area contributed by atoms with Gasteiger partial charge in [-0.05, 0) is 24.8 Å². The number of nitrogens with zero attached hydrogens (tertiary/aromatic N) is 1. The summed E-state index contributed by atoms with van der Waals surface area (Å²) in [5.74, 6) is 0.00121. The maximum Gasteiger partial charge on any atom is 1.00 e. The van der Waals surface area contributed by atoms with E-state index in [2.05, 4.69) is 19.2 Å². The van der Waals surface area contributed by atoms with Crippen molar-refractivity contribution >= 4 is 17.5 Å². The van der Waals surface area contributed by atoms with E-state index >= 15 is 0 Å². The maximum absolute atomic E-state index is 11.7. The Morgan fingerprint density at radius 2 is 1.61 bits per heavy atom. The summed E-state index contributed by atoms with van der Waals surface area (Å²) >= 11 is 0. The van der Waals surface area contributed by atoms with Gasteiger partial charge in [-0.25, -0.2) is 0 Å². The first kappa shape index (κ1) is 27.8. The summed E-state index contributed by atoms with van der Waals surface area (Å²) in [6, 6.07) is 7.31. The molecule has 0 fully saturated rings. The third-order valence-electron chi connectivity index (χ3n) is 3.56. The normalized spacial score (nSPS) is 10.4. The topological polar surface area (TPSA) is 83.8 Å². The SMILES string of the molecule is CC(=O)CC(=O)Cc1ccc(C[N-]C(=O)COCCCOCC(C)C)cc1.[Rb+]. The van der Waals surface area contributed by atoms with Crippen molar-refractivity contribution in [1.29, 1.82) is 0 Å². The van der Waals surface area contributed by atoms with Crippen LogP contribution in [0, 0.1) is 5.92 Å². The third kappa shape index (κ3) is 14.7. The fraction of sp³-hybridized carbons (Fsp3) is 0.571. The molecule has 0 saturated carbocycles. The standard InChI is InChI=1S/C21H31NO5.Rb/c1-16(2)14-26-9-4-10-27-15-21(25)22-13-19-7-5-18(6-8-19)12-20(24)11-17(3)23;/h5-8,16H,4,9-15H2,1-3H3,(H,22,25);/q;+1/p-1. The van der Waals surface area contributed by atoms with Crippen molar-refractivity contribution in [1.82, 2.24) is 0 Å². The van der Waals surface area contributed by atoms with Gasteiger partial charge in [0.05, 0.1) is 18.9 Å². The molecule has 1 amide bonds. The zero-order valence-electron chi connectivity index (χ0n) is 17.5. The molecule has 0 aliphatic carbocycles. The van der Waals surface area contributed by atoms with Gasteiger partial charge in [-0.15, -0.1) is 6.54 Å². The van der Waals surface area contributed by atoms with Crippen LogP contribution in [-0.4, -0.2) is 43.9 Å². The molecule has 0 atom stereocenters. The number of Topliss-reactive ketones (excluding diaryl/α,β-unsaturated/α-hetero) is 2. The predicted molar refractivity (Wildman–Crippen MR) is 104 cm³/mol. The molecule has 7 heteroatoms. The summed E-state index contributed by atoms with van der Waals surface area (Å²) in [5.41, 5.74) is 1.73. The summed E-state index contributed by atoms with van der Waals surface area (Å²) in [6.07, 6.45) is 0.962. The van der Waals surface area contributed by atoms with Gasteiger partial charge in [0.2, 0.25) is 0 Å². The number of benzene rings is 1. The first-order valence-electron chi connectivity index (χ1n) is 9.31. The number of ketones is 2. The zero-order chi connectivity index (χ0) is 20.1. The largest absolute Gasteiger partial charge is 1.00 e. The summed E-state index contributed by atoms with van der Waals surface area (Å²) in [4.78, 5) is 34.3. The van der Waals surface area contributed by atoms with Crippen molar-refractivity contribution in [3.63, 3.8) is 0 Å². The Morgan fingerprint density at radius 3 is 2.21 bits per heavy atom. The van der Waals surface area contributed by atoms with Crippen molar-refractivity contribution in [2.75, 3.05) is 26.4 Å². The predicted octanol–water partition coefficient (Wildman–Crippen LogP) is 0.261. The average Bonchev–Trinajstić information content (AvgIpc) is 2.59. The van der Waals surface area contributed by atoms with E-state index in [9.17, 15) is 14.4 Å². The van der Waals surface area contributed by atoms with Gasteiger partial charge in [0, 0.05) is 26.2 Å². The third-order valence-corrected chi connectivity index (χ3v) is 3.56. The maximum atomic E-state index is 11.7. The molecule has 0 bridgehead atoms. The van der Waals surface area contributed by atoms with Gasteiger partial charge < -0.3 is 19.6 Å². The Kier molecular flexibility index (Phi) is 16.4. The Balaban J connectivity index is 0.00000729. The van der Waals surface area contributed by atoms with E-state index in [0.29, 0.717) is 19.1 Å². The molecule has 0 spiro atoms. The smallest absolute Gasteiger partial charge is 0.648 e. The number of carbonyl (C=O) groups excluding carboxylic acids is 3. The molecular weight excluding hydrogens is 432 g/mol. The number of hydrogen-bond acceptors (Lipinski definition) is 5. The molecule has 1 rings (SSSR count). The van der Waals surface area contributed by atoms with E-state index < -0.39 is 0 Å². The molecule has 6 nitrogen and oxygen atoms in total. The monoisotopic (exact) mass is 461 g/mol. The molecule has 28 heavy (non-hydrogen) atoms. The minimum absolute atomic E-state index is 0. The summed E-state index contributed by atoms with van der Waals surface area (Å²) in [7, 11) is 0. The molecule has 0 aromatic heterocycles. The first-order valence-corrected chi connectivity index (χ1v) is 9.31. The second kappa shape index (κ2) is 16.5. The Hall–Kier alpha value is -0.245. The summed E-state index contributed by atoms with van der Waals surface area (Å²) in [6.45, 7) is 7.69. The fourth-order valence-corrected chi connectivity index (χ4v) is 2.30. The first-order chi connectivity index (χ1) is 12.9. The summed E-state index contributed by atoms with van der Waals surface area (Å²) < 4.78 is 10.7. The van der Waals surface area contributed by atoms with E-state index in [0.717, 1.165) is 24.2 Å². The molecule has 0 saturated heterocycles. The second-order valence-electron chi connectivity index (χ2n) is 7.00. The fourth-order valence-electron chi connectivity index (χ4n) is 2.30. The van der Waals surface area contributed by atoms with E-state index in [1.807, 2.05) is 24.3 Å². The van der Waals surface area contributed by atoms with Crippen LogP contribution in [0.5, 0.6) is 0 Å². The Bertz CT molecular complexity index is 601. The second-order valence-corrected chi connectivity index (χ2v) is 7.00. The van der Waals surface area contributed by atoms with E-state index in [1.165, 1.54) is 6.92 Å². The molecule has 0 aliphatic heterocycles. The van der Waals surface area contributed by atoms with Crippen molar-refractivity contribution in [2.45, 2.75) is 46.6 Å². The van der Waals surface area contributed by atoms with Gasteiger partial charge in [0.1, 0.15) is 11.6 Å². The van der Waals surface area contributed by atoms with E-state index in [4.69, 9.17) is 9.47 Å². The van der Waals surface area contributed by atoms with Crippen LogP contribution in [0.15, 0.2) is 24.3 Å². The average molecular weight is 462 g/mol. The Labute approximate surface area is 216 Å². The molecule has 150 valence electrons. The molecular formula is C21H30NO5Rb. The van der Waals surface area contributed by atoms with E-state index in [-0.39, 0.29) is 102 Å². The molecule has 0 aliphatic rings. The number of carbonyl (C=O) groups is 3. The molecule has 0 unspecified atom stereocenters. The number of amides is 1. The number of rotatable bonds is 14. The van der Waals surface area contributed by atoms with Crippen LogP contribution in [0.2, 0.25) is 0 Å². The molecule has 0 heterocycles. The van der Waals surface area contributed by atoms with Crippen LogP contribution in [0.1, 0.15) is 44.7 Å². The van der Waals surface area contributed by atoms with Crippen molar-refractivity contribution in [3.05, 3.63) is 40.7 Å². The molecule has 1 aromatic rings. The van der Waals surface area contributed by atoms with Gasteiger partial charge >= 0.3 is 58.2 Å². The summed E-state index contributed by atoms with van der Waals surface area (Å²) in [5, 5.41) is 3.97. The zero-order valence-corrected chi connectivity index (χ0v) is 22.4. The van der Waals surface area contributed by atoms with Crippen LogP contribution < -0.4 is 58.2 Å². The number of hydrogen-bond donors (Lipinski definition) is 0. The molecule has 0 radical (unpaired) electrons. The van der Waals surface area contributed by atoms with E-state index in [1.54, 1.807) is 0 Å². The van der Waals surface area contributed by atoms with Crippen LogP contribution >= 0.6 is 0 Å². The van der Waals surface area contributed by atoms with Crippen LogP contribution in [0.25, 0.3) is 5.32 Å². The molecule has 0 N–H and O–H groups in total. The number of ether oxygens (including phenoxy) is 2. The minimum atomic E-state index is -0.293. The van der Waals surface area contributed by atoms with Crippen LogP contribution in [0.4, 0.5) is 0 Å². The quantitative estimate of drug-likeness (QED) is 0.293. The van der Waals surface area contributed by atoms with Gasteiger partial charge in [-0.1, -0.05) is 43.7 Å². The van der Waals surface area contributed by atoms with Gasteiger partial charge in [0.15, 0.2) is 0 Å². The van der Waals surface area contributed by atoms with Gasteiger partial charge in [-0.2, -0.15) is 0 Å². The Morgan fingerprint density at radius 1 is 1.00 bits per heavy atom. The van der Waals surface area contributed by atoms with Gasteiger partial charge in [0.25, 0.3) is 0 Å². The van der Waals surface area contributed by atoms with Gasteiger partial charge in [-0.3, -0.25) is 9.59 Å². The van der Waals surface area contributed by atoms with Crippen LogP contribution in [0.3, 0.4) is 0 Å². The van der Waals surface area contributed by atoms with Crippen molar-refractivity contribution in [2.24, 2.45) is 5.92 Å². The van der Waals surface area contributed by atoms with Crippen LogP contribution in [-0.2, 0) is 36.8 Å². The van der Waals surface area contributed by atoms with Crippen molar-refractivity contribution < 1.29 is 82.0 Å². The molecule has 1 aromatic carbocycles. The minimum Gasteiger partial charge on any atom is -0.648 e.